The van der Waals surface area contributed by atoms with Crippen LogP contribution in [0.25, 0.3) is 5.57 Å². The van der Waals surface area contributed by atoms with Gasteiger partial charge in [0.25, 0.3) is 5.91 Å². The number of primary amides is 1. The summed E-state index contributed by atoms with van der Waals surface area (Å²) in [4.78, 5) is 29.0. The van der Waals surface area contributed by atoms with Crippen LogP contribution >= 0.6 is 0 Å². The number of rotatable bonds is 5. The molecule has 6 heteroatoms. The van der Waals surface area contributed by atoms with Crippen LogP contribution < -0.4 is 5.73 Å². The first-order valence-corrected chi connectivity index (χ1v) is 5.84. The maximum Gasteiger partial charge on any atom is 0.344 e. The van der Waals surface area contributed by atoms with Crippen molar-refractivity contribution in [2.75, 3.05) is 21.2 Å². The average molecular weight is 275 g/mol. The molecule has 0 saturated heterocycles. The number of aromatic nitrogens is 1. The van der Waals surface area contributed by atoms with E-state index >= 15 is 0 Å². The molecule has 1 rings (SSSR count). The number of ether oxygens (including phenoxy) is 1. The van der Waals surface area contributed by atoms with Crippen LogP contribution in [0.5, 0.6) is 0 Å². The Morgan fingerprint density at radius 3 is 2.35 bits per heavy atom. The summed E-state index contributed by atoms with van der Waals surface area (Å²) in [6, 6.07) is 3.36. The quantitative estimate of drug-likeness (QED) is 0.279. The second-order valence-electron chi connectivity index (χ2n) is 4.16. The number of amides is 1. The molecule has 1 aromatic heterocycles. The molecule has 6 nitrogen and oxygen atoms in total. The molecule has 0 radical (unpaired) electrons. The molecule has 0 aliphatic heterocycles. The van der Waals surface area contributed by atoms with Crippen molar-refractivity contribution in [2.45, 2.75) is 0 Å². The molecule has 0 unspecified atom stereocenters. The lowest BCUT2D eigenvalue weighted by atomic mass is 10.00. The normalized spacial score (nSPS) is 11.9. The Kier molecular flexibility index (Phi) is 5.46. The highest BCUT2D eigenvalue weighted by Crippen LogP contribution is 2.21. The molecule has 0 fully saturated rings. The van der Waals surface area contributed by atoms with Crippen LogP contribution in [0.15, 0.2) is 42.4 Å². The standard InChI is InChI=1S/C14H17N3O3/c1-17(2)9-6-11(10-4-7-16-8-5-10)12(13(15)18)14(19)20-3/h4-9H,1-3H3,(H2,15,18). The number of nitrogens with two attached hydrogens (primary N) is 1. The van der Waals surface area contributed by atoms with Gasteiger partial charge in [0.1, 0.15) is 5.57 Å². The SMILES string of the molecule is COC(=O)C(C(N)=O)=C(C=CN(C)C)c1ccncc1. The van der Waals surface area contributed by atoms with Gasteiger partial charge in [0.05, 0.1) is 7.11 Å². The van der Waals surface area contributed by atoms with Crippen LogP contribution in [0, 0.1) is 0 Å². The van der Waals surface area contributed by atoms with Crippen molar-refractivity contribution in [1.29, 1.82) is 0 Å². The number of esters is 1. The van der Waals surface area contributed by atoms with E-state index in [0.717, 1.165) is 0 Å². The minimum atomic E-state index is -0.841. The number of hydrogen-bond acceptors (Lipinski definition) is 5. The van der Waals surface area contributed by atoms with E-state index in [1.54, 1.807) is 41.7 Å². The third-order valence-corrected chi connectivity index (χ3v) is 2.44. The Morgan fingerprint density at radius 1 is 1.30 bits per heavy atom. The number of nitrogens with zero attached hydrogens (tertiary/aromatic N) is 2. The maximum absolute atomic E-state index is 11.8. The highest BCUT2D eigenvalue weighted by atomic mass is 16.5. The van der Waals surface area contributed by atoms with Gasteiger partial charge in [0.2, 0.25) is 0 Å². The fourth-order valence-electron chi connectivity index (χ4n) is 1.52. The highest BCUT2D eigenvalue weighted by molar-refractivity contribution is 6.22. The Bertz CT molecular complexity index is 548. The van der Waals surface area contributed by atoms with Crippen molar-refractivity contribution < 1.29 is 14.3 Å². The zero-order chi connectivity index (χ0) is 15.1. The largest absolute Gasteiger partial charge is 0.465 e. The van der Waals surface area contributed by atoms with E-state index in [-0.39, 0.29) is 5.57 Å². The molecule has 106 valence electrons. The van der Waals surface area contributed by atoms with E-state index in [1.807, 2.05) is 14.1 Å². The summed E-state index contributed by atoms with van der Waals surface area (Å²) in [6.07, 6.45) is 6.47. The summed E-state index contributed by atoms with van der Waals surface area (Å²) in [5.41, 5.74) is 6.14. The second-order valence-corrected chi connectivity index (χ2v) is 4.16. The van der Waals surface area contributed by atoms with Crippen molar-refractivity contribution in [2.24, 2.45) is 5.73 Å². The molecule has 1 aromatic rings. The van der Waals surface area contributed by atoms with Gasteiger partial charge in [-0.3, -0.25) is 9.78 Å². The topological polar surface area (TPSA) is 85.5 Å². The third kappa shape index (κ3) is 3.94. The van der Waals surface area contributed by atoms with Crippen LogP contribution in [-0.2, 0) is 14.3 Å². The van der Waals surface area contributed by atoms with Gasteiger partial charge in [0, 0.05) is 32.1 Å². The summed E-state index contributed by atoms with van der Waals surface area (Å²) in [5, 5.41) is 0. The first-order valence-electron chi connectivity index (χ1n) is 5.84. The van der Waals surface area contributed by atoms with Gasteiger partial charge < -0.3 is 15.4 Å². The second kappa shape index (κ2) is 7.08. The van der Waals surface area contributed by atoms with Crippen molar-refractivity contribution in [3.8, 4) is 0 Å². The van der Waals surface area contributed by atoms with E-state index in [0.29, 0.717) is 11.1 Å². The third-order valence-electron chi connectivity index (χ3n) is 2.44. The smallest absolute Gasteiger partial charge is 0.344 e. The maximum atomic E-state index is 11.8. The molecule has 0 aliphatic rings. The minimum absolute atomic E-state index is 0.197. The molecular formula is C14H17N3O3. The van der Waals surface area contributed by atoms with Gasteiger partial charge >= 0.3 is 5.97 Å². The van der Waals surface area contributed by atoms with Crippen LogP contribution in [-0.4, -0.2) is 43.0 Å². The zero-order valence-corrected chi connectivity index (χ0v) is 11.7. The predicted molar refractivity (Wildman–Crippen MR) is 75.2 cm³/mol. The monoisotopic (exact) mass is 275 g/mol. The fourth-order valence-corrected chi connectivity index (χ4v) is 1.52. The molecule has 0 aliphatic carbocycles. The molecule has 1 amide bonds. The predicted octanol–water partition coefficient (Wildman–Crippen LogP) is 0.569. The van der Waals surface area contributed by atoms with Crippen molar-refractivity contribution >= 4 is 17.4 Å². The van der Waals surface area contributed by atoms with Crippen molar-refractivity contribution in [3.63, 3.8) is 0 Å². The van der Waals surface area contributed by atoms with Gasteiger partial charge in [-0.05, 0) is 30.0 Å². The lowest BCUT2D eigenvalue weighted by molar-refractivity contribution is -0.137. The minimum Gasteiger partial charge on any atom is -0.465 e. The van der Waals surface area contributed by atoms with Crippen molar-refractivity contribution in [3.05, 3.63) is 47.9 Å². The van der Waals surface area contributed by atoms with Crippen LogP contribution in [0.2, 0.25) is 0 Å². The number of methoxy groups -OCH3 is 1. The Morgan fingerprint density at radius 2 is 1.90 bits per heavy atom. The van der Waals surface area contributed by atoms with Crippen LogP contribution in [0.1, 0.15) is 5.56 Å². The van der Waals surface area contributed by atoms with E-state index in [2.05, 4.69) is 9.72 Å². The molecule has 0 saturated carbocycles. The number of pyridine rings is 1. The van der Waals surface area contributed by atoms with Gasteiger partial charge in [-0.25, -0.2) is 4.79 Å². The average Bonchev–Trinajstić information content (AvgIpc) is 2.42. The Hall–Kier alpha value is -2.63. The van der Waals surface area contributed by atoms with Crippen LogP contribution in [0.3, 0.4) is 0 Å². The van der Waals surface area contributed by atoms with Gasteiger partial charge in [-0.1, -0.05) is 0 Å². The van der Waals surface area contributed by atoms with E-state index in [4.69, 9.17) is 5.73 Å². The Balaban J connectivity index is 3.48. The molecule has 0 atom stereocenters. The fraction of sp³-hybridized carbons (Fsp3) is 0.214. The molecule has 0 bridgehead atoms. The molecule has 2 N–H and O–H groups in total. The molecular weight excluding hydrogens is 258 g/mol. The number of hydrogen-bond donors (Lipinski definition) is 1. The van der Waals surface area contributed by atoms with Crippen molar-refractivity contribution in [1.82, 2.24) is 9.88 Å². The summed E-state index contributed by atoms with van der Waals surface area (Å²) in [6.45, 7) is 0. The van der Waals surface area contributed by atoms with E-state index < -0.39 is 11.9 Å². The van der Waals surface area contributed by atoms with Gasteiger partial charge in [-0.15, -0.1) is 0 Å². The van der Waals surface area contributed by atoms with Gasteiger partial charge in [0.15, 0.2) is 0 Å². The summed E-state index contributed by atoms with van der Waals surface area (Å²) >= 11 is 0. The summed E-state index contributed by atoms with van der Waals surface area (Å²) in [5.74, 6) is -1.61. The first-order chi connectivity index (χ1) is 9.47. The zero-order valence-electron chi connectivity index (χ0n) is 11.7. The lowest BCUT2D eigenvalue weighted by Gasteiger charge is -2.10. The van der Waals surface area contributed by atoms with Gasteiger partial charge in [-0.2, -0.15) is 0 Å². The number of allylic oxidation sites excluding steroid dienone is 2. The number of carbonyl (C=O) groups excluding carboxylic acids is 2. The Labute approximate surface area is 117 Å². The molecule has 0 spiro atoms. The lowest BCUT2D eigenvalue weighted by Crippen LogP contribution is -2.23. The van der Waals surface area contributed by atoms with E-state index in [1.165, 1.54) is 7.11 Å². The van der Waals surface area contributed by atoms with E-state index in [9.17, 15) is 9.59 Å². The first kappa shape index (κ1) is 15.4. The number of carbonyl (C=O) groups is 2. The summed E-state index contributed by atoms with van der Waals surface area (Å²) in [7, 11) is 4.84. The summed E-state index contributed by atoms with van der Waals surface area (Å²) < 4.78 is 4.62. The van der Waals surface area contributed by atoms with Crippen LogP contribution in [0.4, 0.5) is 0 Å². The highest BCUT2D eigenvalue weighted by Gasteiger charge is 2.21. The molecule has 20 heavy (non-hydrogen) atoms. The molecule has 1 heterocycles. The molecule has 0 aromatic carbocycles.